The van der Waals surface area contributed by atoms with Crippen molar-refractivity contribution in [3.63, 3.8) is 0 Å². The van der Waals surface area contributed by atoms with Crippen LogP contribution in [-0.2, 0) is 0 Å². The second-order valence-electron chi connectivity index (χ2n) is 6.36. The lowest BCUT2D eigenvalue weighted by Gasteiger charge is -2.05. The van der Waals surface area contributed by atoms with Gasteiger partial charge in [-0.2, -0.15) is 4.98 Å². The molecule has 1 amide bonds. The average molecular weight is 439 g/mol. The zero-order valence-electron chi connectivity index (χ0n) is 14.8. The molecule has 0 radical (unpaired) electrons. The van der Waals surface area contributed by atoms with E-state index in [0.717, 1.165) is 22.0 Å². The molecule has 0 saturated carbocycles. The maximum atomic E-state index is 12.8. The zero-order chi connectivity index (χ0) is 20.0. The van der Waals surface area contributed by atoms with E-state index in [9.17, 15) is 4.79 Å². The molecule has 0 atom stereocenters. The predicted molar refractivity (Wildman–Crippen MR) is 118 cm³/mol. The largest absolute Gasteiger partial charge is 0.289 e. The van der Waals surface area contributed by atoms with Crippen LogP contribution in [0.3, 0.4) is 0 Å². The van der Waals surface area contributed by atoms with Gasteiger partial charge in [0.2, 0.25) is 4.96 Å². The van der Waals surface area contributed by atoms with E-state index in [1.54, 1.807) is 28.8 Å². The van der Waals surface area contributed by atoms with Crippen molar-refractivity contribution in [2.45, 2.75) is 0 Å². The smallest absolute Gasteiger partial charge is 0.258 e. The molecule has 5 aromatic rings. The van der Waals surface area contributed by atoms with Crippen molar-refractivity contribution in [3.05, 3.63) is 81.7 Å². The van der Waals surface area contributed by atoms with E-state index in [-0.39, 0.29) is 11.9 Å². The Balaban J connectivity index is 1.51. The second-order valence-corrected chi connectivity index (χ2v) is 8.04. The Morgan fingerprint density at radius 3 is 2.76 bits per heavy atom. The molecule has 29 heavy (non-hydrogen) atoms. The van der Waals surface area contributed by atoms with Crippen LogP contribution in [0.15, 0.2) is 66.0 Å². The van der Waals surface area contributed by atoms with Gasteiger partial charge in [0.1, 0.15) is 0 Å². The Labute approximate surface area is 179 Å². The minimum Gasteiger partial charge on any atom is -0.289 e. The van der Waals surface area contributed by atoms with E-state index < -0.39 is 0 Å². The predicted octanol–water partition coefficient (Wildman–Crippen LogP) is 6.17. The Kier molecular flexibility index (Phi) is 4.47. The molecule has 0 spiro atoms. The number of hydrogen-bond donors (Lipinski definition) is 1. The highest BCUT2D eigenvalue weighted by molar-refractivity contribution is 7.15. The molecular weight excluding hydrogens is 427 g/mol. The van der Waals surface area contributed by atoms with Crippen LogP contribution < -0.4 is 5.32 Å². The van der Waals surface area contributed by atoms with Crippen LogP contribution in [0.4, 0.5) is 5.95 Å². The Morgan fingerprint density at radius 1 is 1.03 bits per heavy atom. The molecule has 3 aromatic carbocycles. The lowest BCUT2D eigenvalue weighted by atomic mass is 10.0. The number of nitrogens with one attached hydrogen (secondary N) is 1. The molecule has 142 valence electrons. The first-order valence-electron chi connectivity index (χ1n) is 8.69. The summed E-state index contributed by atoms with van der Waals surface area (Å²) < 4.78 is 1.65. The number of carbonyl (C=O) groups is 1. The van der Waals surface area contributed by atoms with Gasteiger partial charge in [-0.05, 0) is 35.0 Å². The summed E-state index contributed by atoms with van der Waals surface area (Å²) in [5.74, 6) is -0.0309. The number of anilines is 1. The summed E-state index contributed by atoms with van der Waals surface area (Å²) in [7, 11) is 0. The molecule has 0 aliphatic carbocycles. The molecule has 0 bridgehead atoms. The fourth-order valence-electron chi connectivity index (χ4n) is 3.21. The molecule has 0 saturated heterocycles. The van der Waals surface area contributed by atoms with E-state index in [1.165, 1.54) is 11.3 Å². The van der Waals surface area contributed by atoms with Crippen molar-refractivity contribution in [2.24, 2.45) is 0 Å². The number of fused-ring (bicyclic) bond motifs is 2. The van der Waals surface area contributed by atoms with E-state index in [2.05, 4.69) is 15.4 Å². The first-order valence-corrected chi connectivity index (χ1v) is 10.3. The maximum absolute atomic E-state index is 12.8. The van der Waals surface area contributed by atoms with Gasteiger partial charge in [0.25, 0.3) is 11.9 Å². The Bertz CT molecular complexity index is 1390. The summed E-state index contributed by atoms with van der Waals surface area (Å²) in [6.07, 6.45) is 0. The topological polar surface area (TPSA) is 59.3 Å². The van der Waals surface area contributed by atoms with Gasteiger partial charge in [-0.25, -0.2) is 4.52 Å². The standard InChI is InChI=1S/C21H12Cl2N4OS/c22-13-8-9-17(23)16(10-13)18-11-29-21-25-20(26-27(18)21)24-19(28)15-7-3-5-12-4-1-2-6-14(12)15/h1-11H,(H,24,26,28). The van der Waals surface area contributed by atoms with Gasteiger partial charge < -0.3 is 0 Å². The second kappa shape index (κ2) is 7.15. The van der Waals surface area contributed by atoms with Crippen LogP contribution in [0.2, 0.25) is 10.0 Å². The summed E-state index contributed by atoms with van der Waals surface area (Å²) in [5.41, 5.74) is 2.08. The molecule has 0 fully saturated rings. The molecule has 2 heterocycles. The number of hydrogen-bond acceptors (Lipinski definition) is 4. The van der Waals surface area contributed by atoms with Gasteiger partial charge in [0.05, 0.1) is 10.7 Å². The first-order chi connectivity index (χ1) is 14.1. The molecule has 0 aliphatic heterocycles. The molecule has 5 rings (SSSR count). The molecule has 5 nitrogen and oxygen atoms in total. The SMILES string of the molecule is O=C(Nc1nc2scc(-c3cc(Cl)ccc3Cl)n2n1)c1cccc2ccccc12. The number of aromatic nitrogens is 3. The minimum absolute atomic E-state index is 0.231. The molecule has 2 aromatic heterocycles. The van der Waals surface area contributed by atoms with Crippen LogP contribution >= 0.6 is 34.5 Å². The highest BCUT2D eigenvalue weighted by Crippen LogP contribution is 2.33. The summed E-state index contributed by atoms with van der Waals surface area (Å²) >= 11 is 13.9. The number of carbonyl (C=O) groups excluding carboxylic acids is 1. The van der Waals surface area contributed by atoms with E-state index in [0.29, 0.717) is 20.6 Å². The normalized spacial score (nSPS) is 11.2. The monoisotopic (exact) mass is 438 g/mol. The molecular formula is C21H12Cl2N4OS. The minimum atomic E-state index is -0.262. The van der Waals surface area contributed by atoms with Crippen molar-refractivity contribution in [2.75, 3.05) is 5.32 Å². The van der Waals surface area contributed by atoms with Crippen LogP contribution in [0.25, 0.3) is 27.0 Å². The third kappa shape index (κ3) is 3.25. The van der Waals surface area contributed by atoms with Crippen molar-refractivity contribution in [1.29, 1.82) is 0 Å². The van der Waals surface area contributed by atoms with Crippen molar-refractivity contribution in [1.82, 2.24) is 14.6 Å². The first kappa shape index (κ1) is 18.1. The molecule has 8 heteroatoms. The number of amides is 1. The number of benzene rings is 3. The van der Waals surface area contributed by atoms with E-state index in [4.69, 9.17) is 23.2 Å². The van der Waals surface area contributed by atoms with Gasteiger partial charge in [-0.1, -0.05) is 59.6 Å². The van der Waals surface area contributed by atoms with Crippen molar-refractivity contribution >= 4 is 62.1 Å². The maximum Gasteiger partial charge on any atom is 0.258 e. The van der Waals surface area contributed by atoms with E-state index in [1.807, 2.05) is 41.8 Å². The quantitative estimate of drug-likeness (QED) is 0.366. The zero-order valence-corrected chi connectivity index (χ0v) is 17.1. The molecule has 1 N–H and O–H groups in total. The third-order valence-electron chi connectivity index (χ3n) is 4.55. The van der Waals surface area contributed by atoms with Crippen molar-refractivity contribution < 1.29 is 4.79 Å². The van der Waals surface area contributed by atoms with Gasteiger partial charge in [-0.3, -0.25) is 10.1 Å². The van der Waals surface area contributed by atoms with Crippen LogP contribution in [0.5, 0.6) is 0 Å². The van der Waals surface area contributed by atoms with Crippen LogP contribution in [0.1, 0.15) is 10.4 Å². The number of halogens is 2. The van der Waals surface area contributed by atoms with E-state index >= 15 is 0 Å². The average Bonchev–Trinajstić information content (AvgIpc) is 3.29. The van der Waals surface area contributed by atoms with Crippen LogP contribution in [-0.4, -0.2) is 20.5 Å². The lowest BCUT2D eigenvalue weighted by molar-refractivity contribution is 0.102. The Morgan fingerprint density at radius 2 is 1.86 bits per heavy atom. The summed E-state index contributed by atoms with van der Waals surface area (Å²) in [6.45, 7) is 0. The number of rotatable bonds is 3. The van der Waals surface area contributed by atoms with Gasteiger partial charge in [0.15, 0.2) is 0 Å². The summed E-state index contributed by atoms with van der Waals surface area (Å²) in [4.78, 5) is 17.9. The van der Waals surface area contributed by atoms with Gasteiger partial charge in [-0.15, -0.1) is 16.4 Å². The third-order valence-corrected chi connectivity index (χ3v) is 5.93. The van der Waals surface area contributed by atoms with Crippen molar-refractivity contribution in [3.8, 4) is 11.3 Å². The number of thiazole rings is 1. The molecule has 0 aliphatic rings. The summed E-state index contributed by atoms with van der Waals surface area (Å²) in [6, 6.07) is 18.6. The fraction of sp³-hybridized carbons (Fsp3) is 0. The van der Waals surface area contributed by atoms with Gasteiger partial charge in [0, 0.05) is 21.5 Å². The lowest BCUT2D eigenvalue weighted by Crippen LogP contribution is -2.13. The molecule has 0 unspecified atom stereocenters. The Hall–Kier alpha value is -2.93. The highest BCUT2D eigenvalue weighted by Gasteiger charge is 2.17. The fourth-order valence-corrected chi connectivity index (χ4v) is 4.41. The summed E-state index contributed by atoms with van der Waals surface area (Å²) in [5, 5.41) is 12.2. The van der Waals surface area contributed by atoms with Gasteiger partial charge >= 0.3 is 0 Å². The number of nitrogens with zero attached hydrogens (tertiary/aromatic N) is 3. The highest BCUT2D eigenvalue weighted by atomic mass is 35.5. The van der Waals surface area contributed by atoms with Crippen LogP contribution in [0, 0.1) is 0 Å².